The van der Waals surface area contributed by atoms with Crippen LogP contribution in [-0.4, -0.2) is 41.2 Å². The molecule has 2 rings (SSSR count). The Morgan fingerprint density at radius 1 is 1.46 bits per heavy atom. The van der Waals surface area contributed by atoms with Crippen molar-refractivity contribution in [2.75, 3.05) is 13.2 Å². The smallest absolute Gasteiger partial charge is 0.326 e. The van der Waals surface area contributed by atoms with Crippen LogP contribution in [0.4, 0.5) is 0 Å². The highest BCUT2D eigenvalue weighted by Crippen LogP contribution is 2.17. The predicted octanol–water partition coefficient (Wildman–Crippen LogP) is 2.27. The van der Waals surface area contributed by atoms with Gasteiger partial charge in [0, 0.05) is 12.1 Å². The van der Waals surface area contributed by atoms with Crippen LogP contribution in [0, 0.1) is 11.8 Å². The van der Waals surface area contributed by atoms with Crippen LogP contribution in [0.25, 0.3) is 6.08 Å². The maximum atomic E-state index is 12.5. The van der Waals surface area contributed by atoms with Gasteiger partial charge in [-0.2, -0.15) is 0 Å². The van der Waals surface area contributed by atoms with Gasteiger partial charge in [0.1, 0.15) is 10.6 Å². The molecular weight excluding hydrogens is 376 g/mol. The van der Waals surface area contributed by atoms with E-state index in [-0.39, 0.29) is 24.9 Å². The molecule has 130 valence electrons. The van der Waals surface area contributed by atoms with Crippen molar-refractivity contribution in [3.05, 3.63) is 34.1 Å². The largest absolute Gasteiger partial charge is 0.480 e. The normalized spacial score (nSPS) is 23.6. The second-order valence-corrected chi connectivity index (χ2v) is 6.92. The zero-order valence-electron chi connectivity index (χ0n) is 13.7. The fraction of sp³-hybridized carbons (Fsp3) is 0.471. The number of amides is 1. The van der Waals surface area contributed by atoms with Gasteiger partial charge in [-0.05, 0) is 39.5 Å². The molecule has 0 aromatic carbocycles. The van der Waals surface area contributed by atoms with E-state index < -0.39 is 17.9 Å². The molecular formula is C17H21BrN2O4. The van der Waals surface area contributed by atoms with Gasteiger partial charge in [-0.1, -0.05) is 26.0 Å². The molecule has 0 unspecified atom stereocenters. The lowest BCUT2D eigenvalue weighted by atomic mass is 9.95. The van der Waals surface area contributed by atoms with Gasteiger partial charge in [-0.15, -0.1) is 0 Å². The Balaban J connectivity index is 2.34. The van der Waals surface area contributed by atoms with Gasteiger partial charge in [0.2, 0.25) is 5.91 Å². The average Bonchev–Trinajstić information content (AvgIpc) is 2.49. The molecule has 2 heterocycles. The quantitative estimate of drug-likeness (QED) is 0.748. The first-order chi connectivity index (χ1) is 11.4. The van der Waals surface area contributed by atoms with Gasteiger partial charge in [0.25, 0.3) is 0 Å². The lowest BCUT2D eigenvalue weighted by molar-refractivity contribution is -0.143. The topological polar surface area (TPSA) is 88.5 Å². The van der Waals surface area contributed by atoms with Crippen LogP contribution in [0.3, 0.4) is 0 Å². The summed E-state index contributed by atoms with van der Waals surface area (Å²) < 4.78 is 6.18. The zero-order valence-corrected chi connectivity index (χ0v) is 15.2. The molecule has 1 aliphatic heterocycles. The maximum absolute atomic E-state index is 12.5. The van der Waals surface area contributed by atoms with Crippen molar-refractivity contribution >= 4 is 33.9 Å². The predicted molar refractivity (Wildman–Crippen MR) is 93.4 cm³/mol. The number of aliphatic carboxylic acids is 1. The fourth-order valence-electron chi connectivity index (χ4n) is 2.48. The summed E-state index contributed by atoms with van der Waals surface area (Å²) in [5.74, 6) is -1.75. The number of carboxylic acid groups (broad SMARTS) is 1. The Hall–Kier alpha value is -1.73. The molecule has 1 aromatic rings. The monoisotopic (exact) mass is 396 g/mol. The molecule has 0 saturated heterocycles. The van der Waals surface area contributed by atoms with Gasteiger partial charge < -0.3 is 15.2 Å². The van der Waals surface area contributed by atoms with Crippen LogP contribution in [0.5, 0.6) is 0 Å². The van der Waals surface area contributed by atoms with Crippen LogP contribution in [-0.2, 0) is 20.7 Å². The van der Waals surface area contributed by atoms with Crippen molar-refractivity contribution in [2.45, 2.75) is 26.3 Å². The third kappa shape index (κ3) is 5.14. The van der Waals surface area contributed by atoms with Crippen molar-refractivity contribution in [3.63, 3.8) is 0 Å². The van der Waals surface area contributed by atoms with Crippen LogP contribution in [0.2, 0.25) is 0 Å². The van der Waals surface area contributed by atoms with Gasteiger partial charge >= 0.3 is 5.97 Å². The van der Waals surface area contributed by atoms with Crippen molar-refractivity contribution < 1.29 is 19.4 Å². The van der Waals surface area contributed by atoms with Crippen LogP contribution < -0.4 is 5.32 Å². The Morgan fingerprint density at radius 2 is 2.21 bits per heavy atom. The van der Waals surface area contributed by atoms with E-state index in [1.165, 1.54) is 0 Å². The van der Waals surface area contributed by atoms with E-state index in [0.29, 0.717) is 16.9 Å². The lowest BCUT2D eigenvalue weighted by Gasteiger charge is -2.22. The first-order valence-corrected chi connectivity index (χ1v) is 8.60. The summed E-state index contributed by atoms with van der Waals surface area (Å²) in [5, 5.41) is 12.1. The minimum absolute atomic E-state index is 0.0434. The number of hydrogen-bond donors (Lipinski definition) is 2. The molecule has 1 aromatic heterocycles. The molecule has 24 heavy (non-hydrogen) atoms. The number of pyridine rings is 1. The van der Waals surface area contributed by atoms with Gasteiger partial charge in [0.05, 0.1) is 19.1 Å². The number of ether oxygens (including phenoxy) is 1. The first kappa shape index (κ1) is 18.6. The Bertz CT molecular complexity index is 645. The molecule has 0 saturated carbocycles. The second-order valence-electron chi connectivity index (χ2n) is 6.11. The molecule has 2 bridgehead atoms. The average molecular weight is 397 g/mol. The molecule has 2 atom stereocenters. The van der Waals surface area contributed by atoms with Crippen LogP contribution in [0.1, 0.15) is 25.1 Å². The Morgan fingerprint density at radius 3 is 2.88 bits per heavy atom. The summed E-state index contributed by atoms with van der Waals surface area (Å²) in [4.78, 5) is 28.3. The summed E-state index contributed by atoms with van der Waals surface area (Å²) >= 11 is 3.33. The van der Waals surface area contributed by atoms with E-state index in [2.05, 4.69) is 26.2 Å². The molecule has 1 aliphatic rings. The summed E-state index contributed by atoms with van der Waals surface area (Å²) in [6.45, 7) is 4.46. The number of nitrogens with one attached hydrogen (secondary N) is 1. The van der Waals surface area contributed by atoms with Crippen molar-refractivity contribution in [3.8, 4) is 0 Å². The summed E-state index contributed by atoms with van der Waals surface area (Å²) in [5.41, 5.74) is 1.49. The highest BCUT2D eigenvalue weighted by molar-refractivity contribution is 9.10. The minimum atomic E-state index is -1.08. The molecule has 0 aliphatic carbocycles. The standard InChI is InChI=1S/C17H21BrN2O4/c1-10(2)13-9-24-5-3-4-11-6-12(19-15(18)7-11)8-14(17(22)23)20-16(13)21/h3-4,6-7,10,13-14H,5,8-9H2,1-2H3,(H,20,21)(H,22,23)/b4-3-/t13-,14-/m0/s1. The number of nitrogens with zero attached hydrogens (tertiary/aromatic N) is 1. The van der Waals surface area contributed by atoms with E-state index in [4.69, 9.17) is 4.74 Å². The fourth-order valence-corrected chi connectivity index (χ4v) is 2.97. The molecule has 0 radical (unpaired) electrons. The second kappa shape index (κ2) is 8.39. The van der Waals surface area contributed by atoms with Crippen LogP contribution >= 0.6 is 15.9 Å². The molecule has 0 fully saturated rings. The molecule has 0 spiro atoms. The van der Waals surface area contributed by atoms with E-state index in [1.54, 1.807) is 6.07 Å². The van der Waals surface area contributed by atoms with Crippen molar-refractivity contribution in [1.29, 1.82) is 0 Å². The van der Waals surface area contributed by atoms with E-state index in [1.807, 2.05) is 32.1 Å². The Labute approximate surface area is 149 Å². The summed E-state index contributed by atoms with van der Waals surface area (Å²) in [6, 6.07) is 2.62. The molecule has 6 nitrogen and oxygen atoms in total. The summed E-state index contributed by atoms with van der Waals surface area (Å²) in [6.07, 6.45) is 3.88. The molecule has 1 amide bonds. The van der Waals surface area contributed by atoms with Crippen molar-refractivity contribution in [1.82, 2.24) is 10.3 Å². The third-order valence-electron chi connectivity index (χ3n) is 3.86. The highest BCUT2D eigenvalue weighted by Gasteiger charge is 2.28. The maximum Gasteiger partial charge on any atom is 0.326 e. The highest BCUT2D eigenvalue weighted by atomic mass is 79.9. The molecule has 7 heteroatoms. The van der Waals surface area contributed by atoms with E-state index >= 15 is 0 Å². The number of halogens is 1. The van der Waals surface area contributed by atoms with Gasteiger partial charge in [0.15, 0.2) is 0 Å². The number of aromatic nitrogens is 1. The zero-order chi connectivity index (χ0) is 17.7. The number of hydrogen-bond acceptors (Lipinski definition) is 4. The number of carbonyl (C=O) groups is 2. The van der Waals surface area contributed by atoms with Gasteiger partial charge in [-0.25, -0.2) is 9.78 Å². The number of carboxylic acids is 1. The number of fused-ring (bicyclic) bond motifs is 2. The summed E-state index contributed by atoms with van der Waals surface area (Å²) in [7, 11) is 0. The van der Waals surface area contributed by atoms with Crippen molar-refractivity contribution in [2.24, 2.45) is 11.8 Å². The lowest BCUT2D eigenvalue weighted by Crippen LogP contribution is -2.47. The number of carbonyl (C=O) groups excluding carboxylic acids is 1. The molecule has 2 N–H and O–H groups in total. The Kier molecular flexibility index (Phi) is 6.51. The number of rotatable bonds is 2. The minimum Gasteiger partial charge on any atom is -0.480 e. The van der Waals surface area contributed by atoms with Gasteiger partial charge in [-0.3, -0.25) is 4.79 Å². The third-order valence-corrected chi connectivity index (χ3v) is 4.27. The van der Waals surface area contributed by atoms with E-state index in [0.717, 1.165) is 5.56 Å². The SMILES string of the molecule is CC(C)[C@@H]1COC/C=C\c2cc(Br)nc(c2)C[C@@H](C(=O)O)NC1=O. The van der Waals surface area contributed by atoms with E-state index in [9.17, 15) is 14.7 Å². The first-order valence-electron chi connectivity index (χ1n) is 7.80. The van der Waals surface area contributed by atoms with Crippen LogP contribution in [0.15, 0.2) is 22.8 Å².